The highest BCUT2D eigenvalue weighted by Crippen LogP contribution is 2.24. The summed E-state index contributed by atoms with van der Waals surface area (Å²) in [5.41, 5.74) is 1.000. The number of halogens is 1. The van der Waals surface area contributed by atoms with Gasteiger partial charge in [-0.25, -0.2) is 4.79 Å². The molecule has 132 valence electrons. The van der Waals surface area contributed by atoms with Crippen LogP contribution < -0.4 is 14.8 Å². The highest BCUT2D eigenvalue weighted by molar-refractivity contribution is 7.17. The fraction of sp³-hybridized carbons (Fsp3) is 0.0526. The number of nitrogens with one attached hydrogen (secondary N) is 1. The minimum atomic E-state index is -0.479. The number of carbonyl (C=O) groups is 2. The first-order chi connectivity index (χ1) is 12.6. The second kappa shape index (κ2) is 8.03. The Kier molecular flexibility index (Phi) is 5.55. The van der Waals surface area contributed by atoms with Gasteiger partial charge in [0.2, 0.25) is 0 Å². The lowest BCUT2D eigenvalue weighted by Gasteiger charge is -2.09. The molecule has 1 heterocycles. The van der Waals surface area contributed by atoms with E-state index in [1.54, 1.807) is 60.7 Å². The largest absolute Gasteiger partial charge is 0.496 e. The van der Waals surface area contributed by atoms with E-state index >= 15 is 0 Å². The summed E-state index contributed by atoms with van der Waals surface area (Å²) in [5, 5.41) is 2.77. The van der Waals surface area contributed by atoms with Gasteiger partial charge in [0.1, 0.15) is 16.4 Å². The molecule has 0 aliphatic heterocycles. The van der Waals surface area contributed by atoms with Crippen LogP contribution in [-0.4, -0.2) is 19.0 Å². The van der Waals surface area contributed by atoms with Crippen molar-refractivity contribution in [3.05, 3.63) is 75.4 Å². The van der Waals surface area contributed by atoms with Crippen molar-refractivity contribution in [2.45, 2.75) is 0 Å². The molecule has 3 rings (SSSR count). The fourth-order valence-corrected chi connectivity index (χ4v) is 3.14. The lowest BCUT2D eigenvalue weighted by molar-refractivity contribution is 0.0739. The average molecular weight is 388 g/mol. The number of methoxy groups -OCH3 is 1. The maximum Gasteiger partial charge on any atom is 0.353 e. The Morgan fingerprint density at radius 3 is 2.38 bits per heavy atom. The van der Waals surface area contributed by atoms with Gasteiger partial charge in [0.15, 0.2) is 0 Å². The highest BCUT2D eigenvalue weighted by atomic mass is 35.5. The van der Waals surface area contributed by atoms with E-state index in [1.807, 2.05) is 0 Å². The molecular weight excluding hydrogens is 374 g/mol. The Balaban J connectivity index is 1.66. The number of anilines is 1. The van der Waals surface area contributed by atoms with Crippen LogP contribution in [0.25, 0.3) is 0 Å². The van der Waals surface area contributed by atoms with Crippen LogP contribution in [0.15, 0.2) is 60.7 Å². The molecule has 0 radical (unpaired) electrons. The van der Waals surface area contributed by atoms with Crippen LogP contribution in [-0.2, 0) is 0 Å². The maximum absolute atomic E-state index is 12.4. The van der Waals surface area contributed by atoms with Gasteiger partial charge in [-0.05, 0) is 48.5 Å². The van der Waals surface area contributed by atoms with Crippen molar-refractivity contribution in [1.82, 2.24) is 0 Å². The highest BCUT2D eigenvalue weighted by Gasteiger charge is 2.13. The normalized spacial score (nSPS) is 10.2. The molecule has 0 spiro atoms. The molecule has 0 atom stereocenters. The van der Waals surface area contributed by atoms with E-state index in [1.165, 1.54) is 7.11 Å². The Hall–Kier alpha value is -2.83. The van der Waals surface area contributed by atoms with Crippen molar-refractivity contribution in [2.24, 2.45) is 0 Å². The van der Waals surface area contributed by atoms with E-state index in [2.05, 4.69) is 5.32 Å². The quantitative estimate of drug-likeness (QED) is 0.500. The van der Waals surface area contributed by atoms with E-state index in [0.717, 1.165) is 11.3 Å². The number of esters is 1. The second-order valence-corrected chi connectivity index (χ2v) is 6.89. The van der Waals surface area contributed by atoms with Gasteiger partial charge in [0, 0.05) is 5.69 Å². The number of carbonyl (C=O) groups excluding carboxylic acids is 2. The zero-order chi connectivity index (χ0) is 18.5. The number of hydrogen-bond acceptors (Lipinski definition) is 5. The van der Waals surface area contributed by atoms with Gasteiger partial charge in [0.05, 0.1) is 17.0 Å². The molecule has 0 bridgehead atoms. The molecule has 0 aliphatic rings. The predicted octanol–water partition coefficient (Wildman–Crippen LogP) is 4.88. The minimum absolute atomic E-state index is 0.291. The minimum Gasteiger partial charge on any atom is -0.496 e. The third-order valence-corrected chi connectivity index (χ3v) is 4.66. The first kappa shape index (κ1) is 18.0. The molecule has 1 aromatic heterocycles. The molecule has 5 nitrogen and oxygen atoms in total. The predicted molar refractivity (Wildman–Crippen MR) is 102 cm³/mol. The number of amides is 1. The van der Waals surface area contributed by atoms with E-state index in [4.69, 9.17) is 21.1 Å². The summed E-state index contributed by atoms with van der Waals surface area (Å²) < 4.78 is 11.0. The third kappa shape index (κ3) is 4.22. The number of thiophene rings is 1. The molecule has 0 unspecified atom stereocenters. The first-order valence-electron chi connectivity index (χ1n) is 7.59. The van der Waals surface area contributed by atoms with Gasteiger partial charge in [-0.1, -0.05) is 23.7 Å². The molecule has 1 amide bonds. The number of benzene rings is 2. The lowest BCUT2D eigenvalue weighted by atomic mass is 10.2. The average Bonchev–Trinajstić information content (AvgIpc) is 3.10. The van der Waals surface area contributed by atoms with E-state index in [9.17, 15) is 9.59 Å². The van der Waals surface area contributed by atoms with Crippen LogP contribution in [0.1, 0.15) is 20.0 Å². The maximum atomic E-state index is 12.4. The Morgan fingerprint density at radius 1 is 1.00 bits per heavy atom. The fourth-order valence-electron chi connectivity index (χ4n) is 2.22. The summed E-state index contributed by atoms with van der Waals surface area (Å²) in [6, 6.07) is 16.7. The zero-order valence-corrected chi connectivity index (χ0v) is 15.3. The van der Waals surface area contributed by atoms with Crippen LogP contribution in [0.5, 0.6) is 11.5 Å². The summed E-state index contributed by atoms with van der Waals surface area (Å²) in [7, 11) is 1.51. The van der Waals surface area contributed by atoms with Crippen molar-refractivity contribution in [3.8, 4) is 11.5 Å². The Labute approximate surface area is 159 Å². The van der Waals surface area contributed by atoms with Crippen LogP contribution in [0.2, 0.25) is 4.34 Å². The molecule has 26 heavy (non-hydrogen) atoms. The van der Waals surface area contributed by atoms with E-state index in [-0.39, 0.29) is 5.91 Å². The van der Waals surface area contributed by atoms with Crippen molar-refractivity contribution in [3.63, 3.8) is 0 Å². The van der Waals surface area contributed by atoms with E-state index < -0.39 is 5.97 Å². The van der Waals surface area contributed by atoms with Crippen molar-refractivity contribution in [2.75, 3.05) is 12.4 Å². The third-order valence-electron chi connectivity index (χ3n) is 3.45. The first-order valence-corrected chi connectivity index (χ1v) is 8.78. The van der Waals surface area contributed by atoms with Crippen molar-refractivity contribution < 1.29 is 19.1 Å². The van der Waals surface area contributed by atoms with Crippen molar-refractivity contribution in [1.29, 1.82) is 0 Å². The standard InChI is InChI=1S/C19H14ClNO4S/c1-24-15-5-3-2-4-14(15)18(22)21-12-6-8-13(9-7-12)25-19(23)16-10-11-17(20)26-16/h2-11H,1H3,(H,21,22). The number of hydrogen-bond donors (Lipinski definition) is 1. The monoisotopic (exact) mass is 387 g/mol. The van der Waals surface area contributed by atoms with Gasteiger partial charge in [0.25, 0.3) is 5.91 Å². The smallest absolute Gasteiger partial charge is 0.353 e. The van der Waals surface area contributed by atoms with Gasteiger partial charge in [-0.2, -0.15) is 0 Å². The van der Waals surface area contributed by atoms with Gasteiger partial charge in [-0.15, -0.1) is 11.3 Å². The molecule has 7 heteroatoms. The summed E-state index contributed by atoms with van der Waals surface area (Å²) in [4.78, 5) is 24.8. The summed E-state index contributed by atoms with van der Waals surface area (Å²) in [6.45, 7) is 0. The van der Waals surface area contributed by atoms with Crippen molar-refractivity contribution >= 4 is 40.5 Å². The molecule has 0 saturated heterocycles. The molecule has 1 N–H and O–H groups in total. The molecule has 3 aromatic rings. The number of para-hydroxylation sites is 1. The SMILES string of the molecule is COc1ccccc1C(=O)Nc1ccc(OC(=O)c2ccc(Cl)s2)cc1. The summed E-state index contributed by atoms with van der Waals surface area (Å²) >= 11 is 6.96. The molecule has 0 aliphatic carbocycles. The number of rotatable bonds is 5. The van der Waals surface area contributed by atoms with E-state index in [0.29, 0.717) is 32.0 Å². The van der Waals surface area contributed by atoms with Gasteiger partial charge < -0.3 is 14.8 Å². The molecule has 0 fully saturated rings. The zero-order valence-electron chi connectivity index (χ0n) is 13.7. The van der Waals surface area contributed by atoms with Gasteiger partial charge in [-0.3, -0.25) is 4.79 Å². The Bertz CT molecular complexity index is 937. The summed E-state index contributed by atoms with van der Waals surface area (Å²) in [6.07, 6.45) is 0. The lowest BCUT2D eigenvalue weighted by Crippen LogP contribution is -2.13. The molecular formula is C19H14ClNO4S. The molecule has 0 saturated carbocycles. The van der Waals surface area contributed by atoms with Crippen LogP contribution in [0.3, 0.4) is 0 Å². The summed E-state index contributed by atoms with van der Waals surface area (Å²) in [5.74, 6) is 0.0908. The second-order valence-electron chi connectivity index (χ2n) is 5.17. The topological polar surface area (TPSA) is 64.6 Å². The van der Waals surface area contributed by atoms with Crippen LogP contribution in [0, 0.1) is 0 Å². The van der Waals surface area contributed by atoms with Crippen LogP contribution >= 0.6 is 22.9 Å². The van der Waals surface area contributed by atoms with Crippen LogP contribution in [0.4, 0.5) is 5.69 Å². The molecule has 2 aromatic carbocycles. The Morgan fingerprint density at radius 2 is 1.73 bits per heavy atom. The van der Waals surface area contributed by atoms with Gasteiger partial charge >= 0.3 is 5.97 Å². The number of ether oxygens (including phenoxy) is 2.